The van der Waals surface area contributed by atoms with Crippen LogP contribution in [0.5, 0.6) is 5.75 Å². The van der Waals surface area contributed by atoms with Crippen molar-refractivity contribution in [1.82, 2.24) is 14.5 Å². The lowest BCUT2D eigenvalue weighted by molar-refractivity contribution is 0.143. The number of carboxylic acid groups (broad SMARTS) is 1. The number of hydrogen-bond donors (Lipinski definition) is 1. The van der Waals surface area contributed by atoms with Gasteiger partial charge < -0.3 is 24.2 Å². The smallest absolute Gasteiger partial charge is 0.449 e. The van der Waals surface area contributed by atoms with E-state index in [1.165, 1.54) is 15.7 Å². The van der Waals surface area contributed by atoms with Crippen LogP contribution >= 0.6 is 0 Å². The van der Waals surface area contributed by atoms with Gasteiger partial charge in [0.2, 0.25) is 5.43 Å². The molecule has 4 heterocycles. The number of rotatable bonds is 3. The second-order valence-electron chi connectivity index (χ2n) is 8.13. The Morgan fingerprint density at radius 1 is 1.30 bits per heavy atom. The van der Waals surface area contributed by atoms with E-state index < -0.39 is 35.4 Å². The number of likely N-dealkylation sites (N-methyl/N-ethyl adjacent to an activating group) is 1. The lowest BCUT2D eigenvalue weighted by atomic mass is 10.0. The Morgan fingerprint density at radius 3 is 2.73 bits per heavy atom. The SMILES string of the molecule is CN1CCC2=C(C1)CN(c1nc3c(cc1F)c(=O)c(OC(=O)O)cn3[C@@H]1C[C@@H]1F)C2. The molecule has 158 valence electrons. The molecule has 0 spiro atoms. The first-order valence-corrected chi connectivity index (χ1v) is 9.75. The van der Waals surface area contributed by atoms with Gasteiger partial charge in [-0.15, -0.1) is 0 Å². The van der Waals surface area contributed by atoms with Crippen molar-refractivity contribution in [3.05, 3.63) is 39.4 Å². The maximum absolute atomic E-state index is 15.0. The highest BCUT2D eigenvalue weighted by atomic mass is 19.1. The van der Waals surface area contributed by atoms with Gasteiger partial charge >= 0.3 is 6.16 Å². The van der Waals surface area contributed by atoms with Crippen molar-refractivity contribution in [3.8, 4) is 5.75 Å². The topological polar surface area (TPSA) is 87.9 Å². The van der Waals surface area contributed by atoms with Crippen LogP contribution in [0.25, 0.3) is 11.0 Å². The second-order valence-corrected chi connectivity index (χ2v) is 8.13. The molecule has 0 amide bonds. The van der Waals surface area contributed by atoms with Gasteiger partial charge in [0.15, 0.2) is 17.4 Å². The molecule has 3 aliphatic rings. The largest absolute Gasteiger partial charge is 0.511 e. The highest BCUT2D eigenvalue weighted by Crippen LogP contribution is 2.41. The molecule has 0 radical (unpaired) electrons. The summed E-state index contributed by atoms with van der Waals surface area (Å²) in [5.74, 6) is -1.07. The van der Waals surface area contributed by atoms with E-state index in [0.717, 1.165) is 31.8 Å². The molecule has 2 aromatic heterocycles. The van der Waals surface area contributed by atoms with E-state index in [1.807, 2.05) is 11.9 Å². The van der Waals surface area contributed by atoms with Crippen molar-refractivity contribution >= 4 is 23.0 Å². The summed E-state index contributed by atoms with van der Waals surface area (Å²) in [6, 6.07) is 0.457. The van der Waals surface area contributed by atoms with Gasteiger partial charge in [-0.25, -0.2) is 18.6 Å². The third-order valence-electron chi connectivity index (χ3n) is 5.96. The average Bonchev–Trinajstić information content (AvgIpc) is 3.26. The zero-order valence-corrected chi connectivity index (χ0v) is 16.3. The maximum atomic E-state index is 15.0. The third-order valence-corrected chi connectivity index (χ3v) is 5.96. The third kappa shape index (κ3) is 3.11. The van der Waals surface area contributed by atoms with Gasteiger partial charge in [0.1, 0.15) is 11.8 Å². The first-order valence-electron chi connectivity index (χ1n) is 9.75. The molecule has 0 saturated heterocycles. The van der Waals surface area contributed by atoms with E-state index in [4.69, 9.17) is 5.11 Å². The lowest BCUT2D eigenvalue weighted by Crippen LogP contribution is -2.28. The van der Waals surface area contributed by atoms with Crippen LogP contribution in [0.4, 0.5) is 19.4 Å². The quantitative estimate of drug-likeness (QED) is 0.605. The minimum atomic E-state index is -1.67. The van der Waals surface area contributed by atoms with Gasteiger partial charge in [-0.2, -0.15) is 0 Å². The summed E-state index contributed by atoms with van der Waals surface area (Å²) in [6.07, 6.45) is -0.525. The minimum absolute atomic E-state index is 0.107. The zero-order valence-electron chi connectivity index (χ0n) is 16.3. The Hall–Kier alpha value is -3.01. The van der Waals surface area contributed by atoms with Crippen molar-refractivity contribution in [2.24, 2.45) is 0 Å². The fraction of sp³-hybridized carbons (Fsp3) is 0.450. The highest BCUT2D eigenvalue weighted by molar-refractivity contribution is 5.80. The van der Waals surface area contributed by atoms with E-state index in [-0.39, 0.29) is 23.3 Å². The van der Waals surface area contributed by atoms with Crippen LogP contribution in [-0.4, -0.2) is 65.1 Å². The number of ether oxygens (including phenoxy) is 1. The normalized spacial score (nSPS) is 23.8. The van der Waals surface area contributed by atoms with Gasteiger partial charge in [-0.1, -0.05) is 0 Å². The Balaban J connectivity index is 1.59. The molecule has 2 atom stereocenters. The first-order chi connectivity index (χ1) is 14.3. The Bertz CT molecular complexity index is 1160. The van der Waals surface area contributed by atoms with Gasteiger partial charge in [-0.05, 0) is 30.7 Å². The van der Waals surface area contributed by atoms with Crippen molar-refractivity contribution in [2.45, 2.75) is 25.1 Å². The number of fused-ring (bicyclic) bond motifs is 1. The van der Waals surface area contributed by atoms with Crippen LogP contribution in [-0.2, 0) is 0 Å². The monoisotopic (exact) mass is 418 g/mol. The molecule has 2 aliphatic heterocycles. The summed E-state index contributed by atoms with van der Waals surface area (Å²) < 4.78 is 34.8. The van der Waals surface area contributed by atoms with Crippen molar-refractivity contribution in [1.29, 1.82) is 0 Å². The molecule has 5 rings (SSSR count). The number of hydrogen-bond acceptors (Lipinski definition) is 6. The summed E-state index contributed by atoms with van der Waals surface area (Å²) in [5, 5.41) is 8.74. The molecule has 8 nitrogen and oxygen atoms in total. The van der Waals surface area contributed by atoms with Crippen LogP contribution < -0.4 is 15.1 Å². The van der Waals surface area contributed by atoms with E-state index >= 15 is 4.39 Å². The molecule has 0 unspecified atom stereocenters. The number of pyridine rings is 2. The number of alkyl halides is 1. The van der Waals surface area contributed by atoms with Crippen molar-refractivity contribution < 1.29 is 23.4 Å². The molecule has 2 aromatic rings. The van der Waals surface area contributed by atoms with Crippen LogP contribution in [0, 0.1) is 5.82 Å². The van der Waals surface area contributed by atoms with Gasteiger partial charge in [0, 0.05) is 32.6 Å². The Kier molecular flexibility index (Phi) is 4.28. The molecule has 1 fully saturated rings. The second kappa shape index (κ2) is 6.76. The van der Waals surface area contributed by atoms with Gasteiger partial charge in [0.25, 0.3) is 0 Å². The Labute approximate surface area is 170 Å². The fourth-order valence-corrected chi connectivity index (χ4v) is 4.33. The predicted octanol–water partition coefficient (Wildman–Crippen LogP) is 2.33. The molecule has 30 heavy (non-hydrogen) atoms. The molecular weight excluding hydrogens is 398 g/mol. The summed E-state index contributed by atoms with van der Waals surface area (Å²) in [7, 11) is 2.04. The van der Waals surface area contributed by atoms with Crippen LogP contribution in [0.3, 0.4) is 0 Å². The molecule has 1 aliphatic carbocycles. The maximum Gasteiger partial charge on any atom is 0.511 e. The first kappa shape index (κ1) is 19.0. The highest BCUT2D eigenvalue weighted by Gasteiger charge is 2.41. The number of halogens is 2. The number of carbonyl (C=O) groups is 1. The molecular formula is C20H20F2N4O4. The number of nitrogens with zero attached hydrogens (tertiary/aromatic N) is 4. The van der Waals surface area contributed by atoms with E-state index in [1.54, 1.807) is 0 Å². The molecule has 0 aromatic carbocycles. The Morgan fingerprint density at radius 2 is 2.03 bits per heavy atom. The average molecular weight is 418 g/mol. The predicted molar refractivity (Wildman–Crippen MR) is 105 cm³/mol. The van der Waals surface area contributed by atoms with E-state index in [9.17, 15) is 14.0 Å². The van der Waals surface area contributed by atoms with Gasteiger partial charge in [0.05, 0.1) is 17.6 Å². The molecule has 10 heteroatoms. The summed E-state index contributed by atoms with van der Waals surface area (Å²) >= 11 is 0. The summed E-state index contributed by atoms with van der Waals surface area (Å²) in [5.41, 5.74) is 1.86. The summed E-state index contributed by atoms with van der Waals surface area (Å²) in [4.78, 5) is 32.0. The van der Waals surface area contributed by atoms with E-state index in [2.05, 4.69) is 14.6 Å². The van der Waals surface area contributed by atoms with E-state index in [0.29, 0.717) is 13.1 Å². The van der Waals surface area contributed by atoms with Gasteiger partial charge in [-0.3, -0.25) is 4.79 Å². The summed E-state index contributed by atoms with van der Waals surface area (Å²) in [6.45, 7) is 2.89. The van der Waals surface area contributed by atoms with Crippen molar-refractivity contribution in [2.75, 3.05) is 38.1 Å². The standard InChI is InChI=1S/C20H20F2N4O4/c1-24-3-2-10-7-25(8-11(10)6-24)19-14(22)4-12-17(27)16(30-20(28)29)9-26(18(12)23-19)15-5-13(15)21/h4,9,13,15H,2-3,5-8H2,1H3,(H,28,29)/t13-,15+/m0/s1. The molecule has 1 N–H and O–H groups in total. The minimum Gasteiger partial charge on any atom is -0.449 e. The van der Waals surface area contributed by atoms with Crippen LogP contribution in [0.2, 0.25) is 0 Å². The van der Waals surface area contributed by atoms with Crippen LogP contribution in [0.15, 0.2) is 28.2 Å². The fourth-order valence-electron chi connectivity index (χ4n) is 4.33. The van der Waals surface area contributed by atoms with Crippen LogP contribution in [0.1, 0.15) is 18.9 Å². The lowest BCUT2D eigenvalue weighted by Gasteiger charge is -2.23. The van der Waals surface area contributed by atoms with Crippen molar-refractivity contribution in [3.63, 3.8) is 0 Å². The number of anilines is 1. The molecule has 0 bridgehead atoms. The molecule has 1 saturated carbocycles. The number of aromatic nitrogens is 2. The zero-order chi connectivity index (χ0) is 21.2.